The number of hydrogen-bond acceptors (Lipinski definition) is 3. The predicted molar refractivity (Wildman–Crippen MR) is 94.5 cm³/mol. The van der Waals surface area contributed by atoms with Gasteiger partial charge in [-0.1, -0.05) is 18.2 Å². The molecule has 0 saturated carbocycles. The first kappa shape index (κ1) is 17.1. The van der Waals surface area contributed by atoms with Crippen molar-refractivity contribution >= 4 is 27.9 Å². The molecule has 23 heavy (non-hydrogen) atoms. The molecule has 4 nitrogen and oxygen atoms in total. The minimum atomic E-state index is -0.143. The van der Waals surface area contributed by atoms with Gasteiger partial charge in [-0.25, -0.2) is 0 Å². The lowest BCUT2D eigenvalue weighted by Gasteiger charge is -2.04. The van der Waals surface area contributed by atoms with Crippen LogP contribution in [0.25, 0.3) is 6.08 Å². The van der Waals surface area contributed by atoms with Gasteiger partial charge < -0.3 is 15.2 Å². The molecule has 0 bridgehead atoms. The van der Waals surface area contributed by atoms with E-state index in [-0.39, 0.29) is 11.7 Å². The van der Waals surface area contributed by atoms with Crippen LogP contribution in [0.5, 0.6) is 11.5 Å². The minimum Gasteiger partial charge on any atom is -0.508 e. The first-order valence-corrected chi connectivity index (χ1v) is 7.95. The third-order valence-corrected chi connectivity index (χ3v) is 3.87. The molecular weight excluding hydrogens is 358 g/mol. The maximum absolute atomic E-state index is 11.8. The summed E-state index contributed by atoms with van der Waals surface area (Å²) in [5.41, 5.74) is 1.97. The zero-order chi connectivity index (χ0) is 16.7. The Hall–Kier alpha value is -2.27. The highest BCUT2D eigenvalue weighted by molar-refractivity contribution is 9.10. The number of benzene rings is 2. The molecule has 2 aromatic carbocycles. The lowest BCUT2D eigenvalue weighted by atomic mass is 10.1. The number of phenols is 1. The minimum absolute atomic E-state index is 0.143. The van der Waals surface area contributed by atoms with Crippen LogP contribution in [0, 0.1) is 0 Å². The van der Waals surface area contributed by atoms with Gasteiger partial charge in [-0.05, 0) is 63.8 Å². The summed E-state index contributed by atoms with van der Waals surface area (Å²) in [6.45, 7) is 0.542. The fraction of sp³-hybridized carbons (Fsp3) is 0.167. The van der Waals surface area contributed by atoms with Crippen LogP contribution in [-0.4, -0.2) is 24.7 Å². The zero-order valence-corrected chi connectivity index (χ0v) is 14.3. The van der Waals surface area contributed by atoms with E-state index in [1.165, 1.54) is 6.08 Å². The Balaban J connectivity index is 1.82. The monoisotopic (exact) mass is 375 g/mol. The van der Waals surface area contributed by atoms with Gasteiger partial charge in [0, 0.05) is 12.6 Å². The molecule has 0 spiro atoms. The quantitative estimate of drug-likeness (QED) is 0.759. The van der Waals surface area contributed by atoms with Crippen molar-refractivity contribution in [3.8, 4) is 11.5 Å². The predicted octanol–water partition coefficient (Wildman–Crippen LogP) is 3.54. The summed E-state index contributed by atoms with van der Waals surface area (Å²) >= 11 is 3.41. The van der Waals surface area contributed by atoms with Gasteiger partial charge >= 0.3 is 0 Å². The molecule has 0 aliphatic rings. The number of amides is 1. The number of hydrogen-bond donors (Lipinski definition) is 2. The normalized spacial score (nSPS) is 10.7. The molecule has 2 N–H and O–H groups in total. The summed E-state index contributed by atoms with van der Waals surface area (Å²) < 4.78 is 6.00. The van der Waals surface area contributed by atoms with Crippen LogP contribution in [-0.2, 0) is 11.2 Å². The van der Waals surface area contributed by atoms with Gasteiger partial charge in [0.1, 0.15) is 11.5 Å². The third kappa shape index (κ3) is 5.45. The van der Waals surface area contributed by atoms with Crippen molar-refractivity contribution in [2.45, 2.75) is 6.42 Å². The number of halogens is 1. The number of phenolic OH excluding ortho intramolecular Hbond substituents is 1. The number of methoxy groups -OCH3 is 1. The molecule has 1 amide bonds. The highest BCUT2D eigenvalue weighted by atomic mass is 79.9. The smallest absolute Gasteiger partial charge is 0.244 e. The van der Waals surface area contributed by atoms with E-state index in [9.17, 15) is 9.90 Å². The Kier molecular flexibility index (Phi) is 6.23. The largest absolute Gasteiger partial charge is 0.508 e. The Morgan fingerprint density at radius 2 is 2.00 bits per heavy atom. The number of rotatable bonds is 6. The van der Waals surface area contributed by atoms with Crippen LogP contribution in [0.1, 0.15) is 11.1 Å². The number of carbonyl (C=O) groups excluding carboxylic acids is 1. The highest BCUT2D eigenvalue weighted by Crippen LogP contribution is 2.25. The molecule has 2 aromatic rings. The van der Waals surface area contributed by atoms with E-state index in [0.717, 1.165) is 21.3 Å². The molecule has 120 valence electrons. The van der Waals surface area contributed by atoms with Crippen molar-refractivity contribution in [1.82, 2.24) is 5.32 Å². The lowest BCUT2D eigenvalue weighted by molar-refractivity contribution is -0.116. The van der Waals surface area contributed by atoms with E-state index in [1.54, 1.807) is 25.3 Å². The van der Waals surface area contributed by atoms with Gasteiger partial charge in [0.15, 0.2) is 0 Å². The Morgan fingerprint density at radius 3 is 2.65 bits per heavy atom. The molecule has 0 aliphatic heterocycles. The SMILES string of the molecule is COc1ccc(/C=C/C(=O)NCCc2ccc(O)cc2)cc1Br. The summed E-state index contributed by atoms with van der Waals surface area (Å²) in [5, 5.41) is 12.0. The molecule has 5 heteroatoms. The number of nitrogens with one attached hydrogen (secondary N) is 1. The van der Waals surface area contributed by atoms with E-state index in [2.05, 4.69) is 21.2 Å². The summed E-state index contributed by atoms with van der Waals surface area (Å²) in [5.74, 6) is 0.850. The summed E-state index contributed by atoms with van der Waals surface area (Å²) in [6.07, 6.45) is 3.97. The highest BCUT2D eigenvalue weighted by Gasteiger charge is 2.00. The van der Waals surface area contributed by atoms with Gasteiger partial charge in [0.05, 0.1) is 11.6 Å². The van der Waals surface area contributed by atoms with Crippen molar-refractivity contribution in [2.24, 2.45) is 0 Å². The molecule has 0 fully saturated rings. The summed E-state index contributed by atoms with van der Waals surface area (Å²) in [7, 11) is 1.61. The Bertz CT molecular complexity index is 696. The number of ether oxygens (including phenoxy) is 1. The van der Waals surface area contributed by atoms with Crippen molar-refractivity contribution in [3.63, 3.8) is 0 Å². The second-order valence-corrected chi connectivity index (χ2v) is 5.79. The number of carbonyl (C=O) groups is 1. The second-order valence-electron chi connectivity index (χ2n) is 4.93. The average Bonchev–Trinajstić information content (AvgIpc) is 2.55. The van der Waals surface area contributed by atoms with Gasteiger partial charge in [-0.2, -0.15) is 0 Å². The van der Waals surface area contributed by atoms with Crippen LogP contribution in [0.2, 0.25) is 0 Å². The second kappa shape index (κ2) is 8.39. The van der Waals surface area contributed by atoms with Crippen LogP contribution < -0.4 is 10.1 Å². The molecular formula is C18H18BrNO3. The number of aromatic hydroxyl groups is 1. The van der Waals surface area contributed by atoms with E-state index in [1.807, 2.05) is 30.3 Å². The van der Waals surface area contributed by atoms with Crippen LogP contribution in [0.15, 0.2) is 53.0 Å². The first-order chi connectivity index (χ1) is 11.1. The van der Waals surface area contributed by atoms with Crippen molar-refractivity contribution in [3.05, 3.63) is 64.1 Å². The molecule has 2 rings (SSSR count). The average molecular weight is 376 g/mol. The Morgan fingerprint density at radius 1 is 1.26 bits per heavy atom. The van der Waals surface area contributed by atoms with E-state index in [4.69, 9.17) is 4.74 Å². The molecule has 0 radical (unpaired) electrons. The van der Waals surface area contributed by atoms with Gasteiger partial charge in [-0.15, -0.1) is 0 Å². The van der Waals surface area contributed by atoms with Gasteiger partial charge in [0.2, 0.25) is 5.91 Å². The molecule has 0 atom stereocenters. The summed E-state index contributed by atoms with van der Waals surface area (Å²) in [6, 6.07) is 12.6. The maximum atomic E-state index is 11.8. The molecule has 0 aliphatic carbocycles. The van der Waals surface area contributed by atoms with Gasteiger partial charge in [0.25, 0.3) is 0 Å². The fourth-order valence-corrected chi connectivity index (χ4v) is 2.57. The van der Waals surface area contributed by atoms with Crippen LogP contribution in [0.3, 0.4) is 0 Å². The van der Waals surface area contributed by atoms with E-state index < -0.39 is 0 Å². The molecule has 0 saturated heterocycles. The van der Waals surface area contributed by atoms with E-state index >= 15 is 0 Å². The molecule has 0 unspecified atom stereocenters. The standard InChI is InChI=1S/C18H18BrNO3/c1-23-17-8-4-14(12-16(17)19)5-9-18(22)20-11-10-13-2-6-15(21)7-3-13/h2-9,12,21H,10-11H2,1H3,(H,20,22)/b9-5+. The van der Waals surface area contributed by atoms with Gasteiger partial charge in [-0.3, -0.25) is 4.79 Å². The third-order valence-electron chi connectivity index (χ3n) is 3.25. The van der Waals surface area contributed by atoms with Crippen LogP contribution in [0.4, 0.5) is 0 Å². The Labute approximate surface area is 143 Å². The zero-order valence-electron chi connectivity index (χ0n) is 12.8. The van der Waals surface area contributed by atoms with Crippen LogP contribution >= 0.6 is 15.9 Å². The molecule has 0 aromatic heterocycles. The summed E-state index contributed by atoms with van der Waals surface area (Å²) in [4.78, 5) is 11.8. The van der Waals surface area contributed by atoms with Crippen molar-refractivity contribution in [1.29, 1.82) is 0 Å². The fourth-order valence-electron chi connectivity index (χ4n) is 2.01. The van der Waals surface area contributed by atoms with Crippen molar-refractivity contribution < 1.29 is 14.6 Å². The lowest BCUT2D eigenvalue weighted by Crippen LogP contribution is -2.23. The first-order valence-electron chi connectivity index (χ1n) is 7.16. The topological polar surface area (TPSA) is 58.6 Å². The van der Waals surface area contributed by atoms with Crippen molar-refractivity contribution in [2.75, 3.05) is 13.7 Å². The van der Waals surface area contributed by atoms with E-state index in [0.29, 0.717) is 13.0 Å². The maximum Gasteiger partial charge on any atom is 0.244 e. The molecule has 0 heterocycles.